The molecule has 188 valence electrons. The van der Waals surface area contributed by atoms with E-state index in [1.165, 1.54) is 0 Å². The van der Waals surface area contributed by atoms with Gasteiger partial charge in [-0.05, 0) is 29.8 Å². The summed E-state index contributed by atoms with van der Waals surface area (Å²) in [5, 5.41) is 11.4. The van der Waals surface area contributed by atoms with Gasteiger partial charge in [0.05, 0.1) is 6.54 Å². The van der Waals surface area contributed by atoms with Crippen molar-refractivity contribution in [2.24, 2.45) is 0 Å². The molecule has 0 radical (unpaired) electrons. The molecular weight excluding hydrogens is 502 g/mol. The van der Waals surface area contributed by atoms with E-state index in [2.05, 4.69) is 10.3 Å². The van der Waals surface area contributed by atoms with Gasteiger partial charge in [-0.15, -0.1) is 0 Å². The number of aromatic amines is 1. The van der Waals surface area contributed by atoms with Crippen molar-refractivity contribution in [3.63, 3.8) is 0 Å². The summed E-state index contributed by atoms with van der Waals surface area (Å²) in [5.41, 5.74) is 1.80. The van der Waals surface area contributed by atoms with E-state index < -0.39 is 15.2 Å². The summed E-state index contributed by atoms with van der Waals surface area (Å²) in [6.45, 7) is 1.69. The molecule has 2 saturated heterocycles. The van der Waals surface area contributed by atoms with Crippen LogP contribution < -0.4 is 5.32 Å². The molecule has 3 N–H and O–H groups in total. The first-order valence-corrected chi connectivity index (χ1v) is 13.6. The van der Waals surface area contributed by atoms with Crippen molar-refractivity contribution in [3.8, 4) is 0 Å². The number of amidine groups is 1. The molecule has 2 aromatic carbocycles. The van der Waals surface area contributed by atoms with E-state index in [9.17, 15) is 18.0 Å². The van der Waals surface area contributed by atoms with E-state index in [-0.39, 0.29) is 23.3 Å². The van der Waals surface area contributed by atoms with Crippen LogP contribution in [0, 0.1) is 5.41 Å². The second-order valence-electron chi connectivity index (χ2n) is 9.08. The molecule has 1 unspecified atom stereocenters. The lowest BCUT2D eigenvalue weighted by Gasteiger charge is -2.34. The van der Waals surface area contributed by atoms with Gasteiger partial charge in [0.1, 0.15) is 22.0 Å². The van der Waals surface area contributed by atoms with E-state index in [0.29, 0.717) is 71.9 Å². The third-order valence-corrected chi connectivity index (χ3v) is 8.89. The summed E-state index contributed by atoms with van der Waals surface area (Å²) in [7, 11) is -3.97. The number of nitrogens with zero attached hydrogens (tertiary/aromatic N) is 2. The van der Waals surface area contributed by atoms with E-state index in [1.54, 1.807) is 53.4 Å². The predicted molar refractivity (Wildman–Crippen MR) is 137 cm³/mol. The average molecular weight is 528 g/mol. The highest BCUT2D eigenvalue weighted by atomic mass is 35.5. The highest BCUT2D eigenvalue weighted by molar-refractivity contribution is 7.91. The van der Waals surface area contributed by atoms with Crippen LogP contribution in [0.3, 0.4) is 0 Å². The number of hydrogen-bond donors (Lipinski definition) is 3. The molecule has 3 aromatic rings. The Bertz CT molecular complexity index is 1440. The molecular formula is C25H26ClN5O4S. The minimum Gasteiger partial charge on any atom is -0.356 e. The van der Waals surface area contributed by atoms with Crippen LogP contribution in [-0.2, 0) is 19.4 Å². The molecule has 0 aliphatic carbocycles. The molecule has 2 fully saturated rings. The van der Waals surface area contributed by atoms with E-state index >= 15 is 0 Å². The molecule has 36 heavy (non-hydrogen) atoms. The van der Waals surface area contributed by atoms with Gasteiger partial charge in [-0.25, -0.2) is 8.42 Å². The van der Waals surface area contributed by atoms with E-state index in [0.717, 1.165) is 0 Å². The van der Waals surface area contributed by atoms with Gasteiger partial charge in [-0.1, -0.05) is 35.9 Å². The van der Waals surface area contributed by atoms with Gasteiger partial charge in [0.2, 0.25) is 15.7 Å². The second-order valence-corrected chi connectivity index (χ2v) is 11.5. The summed E-state index contributed by atoms with van der Waals surface area (Å²) in [4.78, 5) is 30.2. The molecule has 2 aliphatic heterocycles. The second kappa shape index (κ2) is 9.68. The maximum atomic E-state index is 14.0. The highest BCUT2D eigenvalue weighted by Crippen LogP contribution is 2.34. The molecule has 0 saturated carbocycles. The van der Waals surface area contributed by atoms with Crippen molar-refractivity contribution >= 4 is 49.9 Å². The number of piperazine rings is 1. The minimum atomic E-state index is -3.97. The van der Waals surface area contributed by atoms with Crippen LogP contribution in [0.4, 0.5) is 0 Å². The Kier molecular flexibility index (Phi) is 6.59. The van der Waals surface area contributed by atoms with Gasteiger partial charge in [-0.2, -0.15) is 0 Å². The number of H-pyrrole nitrogens is 1. The Morgan fingerprint density at radius 2 is 1.72 bits per heavy atom. The van der Waals surface area contributed by atoms with Crippen molar-refractivity contribution in [2.45, 2.75) is 23.2 Å². The highest BCUT2D eigenvalue weighted by Gasteiger charge is 2.38. The number of hydrogen-bond acceptors (Lipinski definition) is 6. The maximum absolute atomic E-state index is 14.0. The van der Waals surface area contributed by atoms with Crippen LogP contribution in [0.15, 0.2) is 53.6 Å². The van der Waals surface area contributed by atoms with Crippen LogP contribution in [0.2, 0.25) is 5.02 Å². The number of carbonyl (C=O) groups excluding carboxylic acids is 2. The van der Waals surface area contributed by atoms with Gasteiger partial charge >= 0.3 is 0 Å². The van der Waals surface area contributed by atoms with Crippen molar-refractivity contribution < 1.29 is 18.0 Å². The minimum absolute atomic E-state index is 0.0463. The molecule has 0 spiro atoms. The summed E-state index contributed by atoms with van der Waals surface area (Å²) in [6, 6.07) is 13.5. The predicted octanol–water partition coefficient (Wildman–Crippen LogP) is 2.72. The smallest absolute Gasteiger partial charge is 0.234 e. The van der Waals surface area contributed by atoms with Crippen LogP contribution in [0.25, 0.3) is 10.9 Å². The first-order valence-electron chi connectivity index (χ1n) is 11.7. The standard InChI is InChI=1S/C25H26ClN5O4S/c26-19-5-6-21-18(13-19)14-23(29-21)36(34,35)25(31-12-9-28-22(33)15-31)17-3-1-16(2-4-17)24(27)30-10-7-20(32)8-11-30/h1-6,13-14,25,27,29H,7-12,15H2,(H,28,33). The summed E-state index contributed by atoms with van der Waals surface area (Å²) >= 11 is 6.09. The lowest BCUT2D eigenvalue weighted by Crippen LogP contribution is -2.50. The zero-order chi connectivity index (χ0) is 25.4. The first kappa shape index (κ1) is 24.5. The number of benzene rings is 2. The van der Waals surface area contributed by atoms with Crippen LogP contribution in [0.1, 0.15) is 29.3 Å². The molecule has 9 nitrogen and oxygen atoms in total. The third kappa shape index (κ3) is 4.76. The number of carbonyl (C=O) groups is 2. The Hall–Kier alpha value is -3.21. The van der Waals surface area contributed by atoms with Crippen LogP contribution in [-0.4, -0.2) is 73.5 Å². The topological polar surface area (TPSA) is 126 Å². The molecule has 1 atom stereocenters. The first-order chi connectivity index (χ1) is 17.2. The SMILES string of the molecule is N=C(c1ccc(C(N2CCNC(=O)C2)S(=O)(=O)c2cc3cc(Cl)ccc3[nH]2)cc1)N1CCC(=O)CC1. The molecule has 1 amide bonds. The fraction of sp³-hybridized carbons (Fsp3) is 0.320. The lowest BCUT2D eigenvalue weighted by atomic mass is 10.1. The van der Waals surface area contributed by atoms with Crippen molar-refractivity contribution in [2.75, 3.05) is 32.7 Å². The number of ketones is 1. The Balaban J connectivity index is 1.50. The average Bonchev–Trinajstić information content (AvgIpc) is 3.29. The quantitative estimate of drug-likeness (QED) is 0.346. The Morgan fingerprint density at radius 1 is 1.00 bits per heavy atom. The molecule has 3 heterocycles. The molecule has 2 aliphatic rings. The number of Topliss-reactive ketones (excluding diaryl/α,β-unsaturated/α-hetero) is 1. The molecule has 5 rings (SSSR count). The number of sulfone groups is 1. The number of likely N-dealkylation sites (tertiary alicyclic amines) is 1. The summed E-state index contributed by atoms with van der Waals surface area (Å²) < 4.78 is 27.9. The zero-order valence-electron chi connectivity index (χ0n) is 19.5. The number of aromatic nitrogens is 1. The molecule has 1 aromatic heterocycles. The van der Waals surface area contributed by atoms with Crippen molar-refractivity contribution in [1.29, 1.82) is 5.41 Å². The van der Waals surface area contributed by atoms with Crippen LogP contribution >= 0.6 is 11.6 Å². The largest absolute Gasteiger partial charge is 0.356 e. The third-order valence-electron chi connectivity index (χ3n) is 6.66. The van der Waals surface area contributed by atoms with Crippen molar-refractivity contribution in [1.82, 2.24) is 20.1 Å². The zero-order valence-corrected chi connectivity index (χ0v) is 21.0. The van der Waals surface area contributed by atoms with Gasteiger partial charge in [0.15, 0.2) is 0 Å². The van der Waals surface area contributed by atoms with E-state index in [4.69, 9.17) is 17.0 Å². The summed E-state index contributed by atoms with van der Waals surface area (Å²) in [6.07, 6.45) is 0.848. The Labute approximate surface area is 213 Å². The number of rotatable bonds is 5. The number of halogens is 1. The fourth-order valence-electron chi connectivity index (χ4n) is 4.76. The number of piperidine rings is 1. The van der Waals surface area contributed by atoms with Crippen molar-refractivity contribution in [3.05, 3.63) is 64.7 Å². The van der Waals surface area contributed by atoms with Crippen LogP contribution in [0.5, 0.6) is 0 Å². The number of fused-ring (bicyclic) bond motifs is 1. The Morgan fingerprint density at radius 3 is 2.42 bits per heavy atom. The van der Waals surface area contributed by atoms with E-state index in [1.807, 2.05) is 4.90 Å². The number of amides is 1. The monoisotopic (exact) mass is 527 g/mol. The van der Waals surface area contributed by atoms with Gasteiger partial charge in [0, 0.05) is 60.5 Å². The van der Waals surface area contributed by atoms with Gasteiger partial charge < -0.3 is 15.2 Å². The lowest BCUT2D eigenvalue weighted by molar-refractivity contribution is -0.124. The van der Waals surface area contributed by atoms with Gasteiger partial charge in [0.25, 0.3) is 0 Å². The molecule has 11 heteroatoms. The number of nitrogens with one attached hydrogen (secondary N) is 3. The maximum Gasteiger partial charge on any atom is 0.234 e. The summed E-state index contributed by atoms with van der Waals surface area (Å²) in [5.74, 6) is 0.272. The fourth-order valence-corrected chi connectivity index (χ4v) is 6.82. The molecule has 0 bridgehead atoms. The normalized spacial score (nSPS) is 18.3. The van der Waals surface area contributed by atoms with Gasteiger partial charge in [-0.3, -0.25) is 19.9 Å².